The summed E-state index contributed by atoms with van der Waals surface area (Å²) >= 11 is 4.86. The van der Waals surface area contributed by atoms with Crippen molar-refractivity contribution in [1.29, 1.82) is 0 Å². The number of carbonyl (C=O) groups is 1. The van der Waals surface area contributed by atoms with E-state index in [1.165, 1.54) is 11.3 Å². The van der Waals surface area contributed by atoms with Crippen molar-refractivity contribution in [3.8, 4) is 0 Å². The first-order valence-corrected chi connectivity index (χ1v) is 8.59. The number of amides is 1. The van der Waals surface area contributed by atoms with Gasteiger partial charge in [-0.1, -0.05) is 52.2 Å². The van der Waals surface area contributed by atoms with E-state index in [1.807, 2.05) is 31.2 Å². The number of aromatic nitrogens is 2. The molecule has 0 atom stereocenters. The fourth-order valence-electron chi connectivity index (χ4n) is 2.96. The number of nitrogens with one attached hydrogen (secondary N) is 1. The minimum absolute atomic E-state index is 0.0403. The molecule has 3 rings (SSSR count). The molecular formula is C15H16BrN3OS. The van der Waals surface area contributed by atoms with Crippen LogP contribution in [0.25, 0.3) is 0 Å². The Morgan fingerprint density at radius 1 is 1.24 bits per heavy atom. The molecule has 0 bridgehead atoms. The van der Waals surface area contributed by atoms with E-state index in [0.717, 1.165) is 40.7 Å². The van der Waals surface area contributed by atoms with Gasteiger partial charge in [-0.2, -0.15) is 0 Å². The molecule has 0 radical (unpaired) electrons. The standard InChI is InChI=1S/C15H16BrN3OS/c1-10-18-19-14(21-10)17-13(20)15(8-2-3-9-15)11-4-6-12(16)7-5-11/h4-7H,2-3,8-9H2,1H3,(H,17,19,20). The zero-order chi connectivity index (χ0) is 14.9. The molecule has 0 aliphatic heterocycles. The lowest BCUT2D eigenvalue weighted by atomic mass is 9.78. The molecule has 21 heavy (non-hydrogen) atoms. The van der Waals surface area contributed by atoms with Gasteiger partial charge in [-0.15, -0.1) is 10.2 Å². The number of nitrogens with zero attached hydrogens (tertiary/aromatic N) is 2. The quantitative estimate of drug-likeness (QED) is 0.891. The molecule has 1 aromatic heterocycles. The lowest BCUT2D eigenvalue weighted by Crippen LogP contribution is -2.37. The van der Waals surface area contributed by atoms with Crippen molar-refractivity contribution in [2.45, 2.75) is 38.0 Å². The molecule has 2 aromatic rings. The third kappa shape index (κ3) is 2.87. The van der Waals surface area contributed by atoms with Gasteiger partial charge in [0.1, 0.15) is 5.01 Å². The van der Waals surface area contributed by atoms with Crippen LogP contribution >= 0.6 is 27.3 Å². The number of carbonyl (C=O) groups excluding carboxylic acids is 1. The zero-order valence-electron chi connectivity index (χ0n) is 11.7. The Bertz CT molecular complexity index is 647. The van der Waals surface area contributed by atoms with Crippen molar-refractivity contribution in [2.75, 3.05) is 5.32 Å². The van der Waals surface area contributed by atoms with Crippen LogP contribution in [0, 0.1) is 6.92 Å². The number of hydrogen-bond donors (Lipinski definition) is 1. The Morgan fingerprint density at radius 3 is 2.48 bits per heavy atom. The van der Waals surface area contributed by atoms with E-state index < -0.39 is 5.41 Å². The summed E-state index contributed by atoms with van der Waals surface area (Å²) in [5.41, 5.74) is 0.655. The SMILES string of the molecule is Cc1nnc(NC(=O)C2(c3ccc(Br)cc3)CCCC2)s1. The van der Waals surface area contributed by atoms with Gasteiger partial charge < -0.3 is 0 Å². The predicted molar refractivity (Wildman–Crippen MR) is 87.6 cm³/mol. The zero-order valence-corrected chi connectivity index (χ0v) is 14.1. The molecule has 1 amide bonds. The average Bonchev–Trinajstić information content (AvgIpc) is 3.10. The van der Waals surface area contributed by atoms with Gasteiger partial charge in [-0.05, 0) is 37.5 Å². The molecule has 1 fully saturated rings. The molecule has 6 heteroatoms. The number of hydrogen-bond acceptors (Lipinski definition) is 4. The van der Waals surface area contributed by atoms with Crippen molar-refractivity contribution >= 4 is 38.3 Å². The van der Waals surface area contributed by atoms with E-state index in [0.29, 0.717) is 5.13 Å². The van der Waals surface area contributed by atoms with Gasteiger partial charge in [0.05, 0.1) is 5.41 Å². The first-order chi connectivity index (χ1) is 10.1. The summed E-state index contributed by atoms with van der Waals surface area (Å²) in [6.45, 7) is 1.88. The summed E-state index contributed by atoms with van der Waals surface area (Å²) in [5.74, 6) is 0.0403. The van der Waals surface area contributed by atoms with Crippen LogP contribution in [-0.4, -0.2) is 16.1 Å². The summed E-state index contributed by atoms with van der Waals surface area (Å²) in [7, 11) is 0. The minimum Gasteiger partial charge on any atom is -0.300 e. The molecule has 1 aliphatic carbocycles. The van der Waals surface area contributed by atoms with Gasteiger partial charge in [-0.3, -0.25) is 10.1 Å². The van der Waals surface area contributed by atoms with Crippen LogP contribution in [0.5, 0.6) is 0 Å². The molecule has 1 N–H and O–H groups in total. The molecule has 0 saturated heterocycles. The van der Waals surface area contributed by atoms with Crippen LogP contribution in [-0.2, 0) is 10.2 Å². The molecule has 1 aromatic carbocycles. The molecule has 1 heterocycles. The highest BCUT2D eigenvalue weighted by Gasteiger charge is 2.42. The fraction of sp³-hybridized carbons (Fsp3) is 0.400. The van der Waals surface area contributed by atoms with E-state index in [2.05, 4.69) is 31.4 Å². The molecular weight excluding hydrogens is 350 g/mol. The van der Waals surface area contributed by atoms with Crippen molar-refractivity contribution in [2.24, 2.45) is 0 Å². The number of rotatable bonds is 3. The Morgan fingerprint density at radius 2 is 1.90 bits per heavy atom. The Labute approximate surface area is 136 Å². The number of aryl methyl sites for hydroxylation is 1. The number of halogens is 1. The summed E-state index contributed by atoms with van der Waals surface area (Å²) in [6.07, 6.45) is 3.94. The minimum atomic E-state index is -0.430. The third-order valence-corrected chi connectivity index (χ3v) is 5.32. The second-order valence-electron chi connectivity index (χ2n) is 5.38. The lowest BCUT2D eigenvalue weighted by Gasteiger charge is -2.27. The van der Waals surface area contributed by atoms with Crippen LogP contribution < -0.4 is 5.32 Å². The largest absolute Gasteiger partial charge is 0.300 e. The van der Waals surface area contributed by atoms with E-state index in [9.17, 15) is 4.79 Å². The molecule has 1 saturated carbocycles. The first-order valence-electron chi connectivity index (χ1n) is 6.98. The predicted octanol–water partition coefficient (Wildman–Crippen LogP) is 4.06. The molecule has 4 nitrogen and oxygen atoms in total. The lowest BCUT2D eigenvalue weighted by molar-refractivity contribution is -0.121. The van der Waals surface area contributed by atoms with Gasteiger partial charge in [0.15, 0.2) is 0 Å². The average molecular weight is 366 g/mol. The van der Waals surface area contributed by atoms with Gasteiger partial charge >= 0.3 is 0 Å². The van der Waals surface area contributed by atoms with Crippen molar-refractivity contribution in [1.82, 2.24) is 10.2 Å². The summed E-state index contributed by atoms with van der Waals surface area (Å²) in [6, 6.07) is 8.08. The van der Waals surface area contributed by atoms with Crippen LogP contribution in [0.4, 0.5) is 5.13 Å². The highest BCUT2D eigenvalue weighted by atomic mass is 79.9. The van der Waals surface area contributed by atoms with Gasteiger partial charge in [-0.25, -0.2) is 0 Å². The maximum atomic E-state index is 12.8. The summed E-state index contributed by atoms with van der Waals surface area (Å²) < 4.78 is 1.03. The normalized spacial score (nSPS) is 16.9. The second-order valence-corrected chi connectivity index (χ2v) is 7.47. The number of anilines is 1. The fourth-order valence-corrected chi connectivity index (χ4v) is 3.81. The van der Waals surface area contributed by atoms with Crippen LogP contribution in [0.3, 0.4) is 0 Å². The maximum Gasteiger partial charge on any atom is 0.236 e. The topological polar surface area (TPSA) is 54.9 Å². The van der Waals surface area contributed by atoms with Crippen LogP contribution in [0.1, 0.15) is 36.3 Å². The van der Waals surface area contributed by atoms with Crippen molar-refractivity contribution in [3.63, 3.8) is 0 Å². The van der Waals surface area contributed by atoms with Gasteiger partial charge in [0.25, 0.3) is 0 Å². The summed E-state index contributed by atoms with van der Waals surface area (Å²) in [5, 5.41) is 12.3. The van der Waals surface area contributed by atoms with E-state index in [4.69, 9.17) is 0 Å². The maximum absolute atomic E-state index is 12.8. The Balaban J connectivity index is 1.89. The van der Waals surface area contributed by atoms with Crippen molar-refractivity contribution in [3.05, 3.63) is 39.3 Å². The summed E-state index contributed by atoms with van der Waals surface area (Å²) in [4.78, 5) is 12.8. The third-order valence-electron chi connectivity index (χ3n) is 4.04. The van der Waals surface area contributed by atoms with Gasteiger partial charge in [0.2, 0.25) is 11.0 Å². The van der Waals surface area contributed by atoms with Crippen molar-refractivity contribution < 1.29 is 4.79 Å². The van der Waals surface area contributed by atoms with E-state index >= 15 is 0 Å². The monoisotopic (exact) mass is 365 g/mol. The van der Waals surface area contributed by atoms with Gasteiger partial charge in [0, 0.05) is 4.47 Å². The Kier molecular flexibility index (Phi) is 4.08. The molecule has 0 spiro atoms. The van der Waals surface area contributed by atoms with E-state index in [-0.39, 0.29) is 5.91 Å². The van der Waals surface area contributed by atoms with Crippen LogP contribution in [0.15, 0.2) is 28.7 Å². The molecule has 1 aliphatic rings. The molecule has 0 unspecified atom stereocenters. The Hall–Kier alpha value is -1.27. The highest BCUT2D eigenvalue weighted by molar-refractivity contribution is 9.10. The highest BCUT2D eigenvalue weighted by Crippen LogP contribution is 2.42. The molecule has 110 valence electrons. The number of benzene rings is 1. The van der Waals surface area contributed by atoms with Crippen LogP contribution in [0.2, 0.25) is 0 Å². The van der Waals surface area contributed by atoms with E-state index in [1.54, 1.807) is 0 Å². The smallest absolute Gasteiger partial charge is 0.236 e. The first kappa shape index (κ1) is 14.7. The second kappa shape index (κ2) is 5.85.